The molecule has 22 heavy (non-hydrogen) atoms. The second kappa shape index (κ2) is 16.5. The lowest BCUT2D eigenvalue weighted by atomic mass is 10.1. The van der Waals surface area contributed by atoms with Gasteiger partial charge in [0.05, 0.1) is 6.67 Å². The normalized spacial score (nSPS) is 11.5. The predicted molar refractivity (Wildman–Crippen MR) is 93.7 cm³/mol. The highest BCUT2D eigenvalue weighted by atomic mass is 16.2. The fourth-order valence-corrected chi connectivity index (χ4v) is 2.26. The van der Waals surface area contributed by atoms with E-state index in [0.29, 0.717) is 13.3 Å². The van der Waals surface area contributed by atoms with Gasteiger partial charge in [-0.05, 0) is 38.4 Å². The van der Waals surface area contributed by atoms with Crippen molar-refractivity contribution < 1.29 is 9.90 Å². The number of nitrogens with zero attached hydrogens (tertiary/aromatic N) is 1. The summed E-state index contributed by atoms with van der Waals surface area (Å²) in [5, 5.41) is 11.7. The van der Waals surface area contributed by atoms with E-state index >= 15 is 0 Å². The number of aliphatic hydroxyl groups excluding tert-OH is 1. The van der Waals surface area contributed by atoms with E-state index in [2.05, 4.69) is 24.1 Å². The molecule has 0 spiro atoms. The number of rotatable bonds is 15. The Morgan fingerprint density at radius 1 is 1.05 bits per heavy atom. The Kier molecular flexibility index (Phi) is 15.8. The molecule has 4 nitrogen and oxygen atoms in total. The number of carbonyl (C=O) groups is 1. The van der Waals surface area contributed by atoms with Crippen LogP contribution < -0.4 is 5.32 Å². The minimum Gasteiger partial charge on any atom is -0.396 e. The highest BCUT2D eigenvalue weighted by Gasteiger charge is 2.03. The quantitative estimate of drug-likeness (QED) is 0.277. The Labute approximate surface area is 137 Å². The molecule has 0 aromatic rings. The van der Waals surface area contributed by atoms with Gasteiger partial charge in [-0.25, -0.2) is 0 Å². The second-order valence-corrected chi connectivity index (χ2v) is 5.80. The number of carbonyl (C=O) groups excluding carboxylic acids is 1. The van der Waals surface area contributed by atoms with Crippen molar-refractivity contribution in [2.45, 2.75) is 71.6 Å². The van der Waals surface area contributed by atoms with Crippen molar-refractivity contribution in [3.05, 3.63) is 12.2 Å². The molecule has 0 fully saturated rings. The van der Waals surface area contributed by atoms with Crippen LogP contribution in [0.4, 0.5) is 0 Å². The van der Waals surface area contributed by atoms with E-state index in [-0.39, 0.29) is 5.91 Å². The maximum absolute atomic E-state index is 11.7. The van der Waals surface area contributed by atoms with Crippen LogP contribution in [0.3, 0.4) is 0 Å². The van der Waals surface area contributed by atoms with Gasteiger partial charge in [-0.1, -0.05) is 58.4 Å². The molecule has 0 saturated heterocycles. The fourth-order valence-electron chi connectivity index (χ4n) is 2.26. The van der Waals surface area contributed by atoms with Gasteiger partial charge in [0.2, 0.25) is 5.91 Å². The van der Waals surface area contributed by atoms with Crippen molar-refractivity contribution in [2.75, 3.05) is 26.4 Å². The van der Waals surface area contributed by atoms with Crippen molar-refractivity contribution in [2.24, 2.45) is 0 Å². The average molecular weight is 312 g/mol. The first-order chi connectivity index (χ1) is 10.7. The number of amides is 1. The average Bonchev–Trinajstić information content (AvgIpc) is 2.53. The monoisotopic (exact) mass is 312 g/mol. The molecule has 0 aliphatic heterocycles. The molecule has 0 rings (SSSR count). The highest BCUT2D eigenvalue weighted by molar-refractivity contribution is 5.87. The van der Waals surface area contributed by atoms with Gasteiger partial charge in [0.15, 0.2) is 0 Å². The zero-order chi connectivity index (χ0) is 16.5. The van der Waals surface area contributed by atoms with Gasteiger partial charge in [-0.3, -0.25) is 9.69 Å². The van der Waals surface area contributed by atoms with Crippen LogP contribution in [0.1, 0.15) is 71.6 Å². The van der Waals surface area contributed by atoms with Crippen LogP contribution in [0.25, 0.3) is 0 Å². The van der Waals surface area contributed by atoms with Crippen LogP contribution in [0, 0.1) is 0 Å². The fraction of sp³-hybridized carbons (Fsp3) is 0.833. The summed E-state index contributed by atoms with van der Waals surface area (Å²) in [5.41, 5.74) is 0. The van der Waals surface area contributed by atoms with Crippen LogP contribution in [-0.4, -0.2) is 42.3 Å². The minimum absolute atomic E-state index is 0.0126. The molecule has 0 heterocycles. The molecule has 0 aromatic heterocycles. The van der Waals surface area contributed by atoms with E-state index in [4.69, 9.17) is 5.11 Å². The summed E-state index contributed by atoms with van der Waals surface area (Å²) in [7, 11) is 0. The maximum Gasteiger partial charge on any atom is 0.244 e. The molecule has 0 aliphatic rings. The molecule has 0 unspecified atom stereocenters. The number of nitrogens with one attached hydrogen (secondary N) is 1. The van der Waals surface area contributed by atoms with E-state index in [9.17, 15) is 4.79 Å². The van der Waals surface area contributed by atoms with E-state index in [0.717, 1.165) is 45.2 Å². The Morgan fingerprint density at radius 2 is 1.73 bits per heavy atom. The van der Waals surface area contributed by atoms with Crippen molar-refractivity contribution >= 4 is 5.91 Å². The molecule has 0 atom stereocenters. The van der Waals surface area contributed by atoms with Gasteiger partial charge in [0.1, 0.15) is 0 Å². The summed E-state index contributed by atoms with van der Waals surface area (Å²) in [6.45, 7) is 7.24. The second-order valence-electron chi connectivity index (χ2n) is 5.80. The third-order valence-electron chi connectivity index (χ3n) is 3.80. The van der Waals surface area contributed by atoms with Crippen LogP contribution >= 0.6 is 0 Å². The molecule has 0 aromatic carbocycles. The SMILES string of the molecule is CCCC/C=C/C(=O)NCN(CC)CCCCCCCCO. The standard InChI is InChI=1S/C18H36N2O2/c1-3-5-6-11-14-18(22)19-17-20(4-2)15-12-9-7-8-10-13-16-21/h11,14,21H,3-10,12-13,15-17H2,1-2H3,(H,19,22)/b14-11+. The van der Waals surface area contributed by atoms with Crippen LogP contribution in [0.2, 0.25) is 0 Å². The molecule has 0 saturated carbocycles. The highest BCUT2D eigenvalue weighted by Crippen LogP contribution is 2.05. The number of hydrogen-bond donors (Lipinski definition) is 2. The number of allylic oxidation sites excluding steroid dienone is 1. The summed E-state index contributed by atoms with van der Waals surface area (Å²) >= 11 is 0. The molecule has 0 bridgehead atoms. The smallest absolute Gasteiger partial charge is 0.244 e. The largest absolute Gasteiger partial charge is 0.396 e. The van der Waals surface area contributed by atoms with Gasteiger partial charge in [-0.15, -0.1) is 0 Å². The van der Waals surface area contributed by atoms with Crippen molar-refractivity contribution in [1.29, 1.82) is 0 Å². The summed E-state index contributed by atoms with van der Waals surface area (Å²) in [4.78, 5) is 13.9. The summed E-state index contributed by atoms with van der Waals surface area (Å²) in [6.07, 6.45) is 13.8. The number of unbranched alkanes of at least 4 members (excludes halogenated alkanes) is 7. The van der Waals surface area contributed by atoms with Crippen LogP contribution in [0.5, 0.6) is 0 Å². The van der Waals surface area contributed by atoms with Crippen molar-refractivity contribution in [3.8, 4) is 0 Å². The van der Waals surface area contributed by atoms with Crippen molar-refractivity contribution in [1.82, 2.24) is 10.2 Å². The summed E-state index contributed by atoms with van der Waals surface area (Å²) < 4.78 is 0. The van der Waals surface area contributed by atoms with E-state index in [1.165, 1.54) is 25.7 Å². The predicted octanol–water partition coefficient (Wildman–Crippen LogP) is 3.46. The first-order valence-electron chi connectivity index (χ1n) is 9.02. The van der Waals surface area contributed by atoms with E-state index in [1.54, 1.807) is 6.08 Å². The Hall–Kier alpha value is -0.870. The maximum atomic E-state index is 11.7. The first-order valence-corrected chi connectivity index (χ1v) is 9.02. The van der Waals surface area contributed by atoms with Crippen LogP contribution in [0.15, 0.2) is 12.2 Å². The summed E-state index contributed by atoms with van der Waals surface area (Å²) in [5.74, 6) is 0.0126. The Morgan fingerprint density at radius 3 is 2.36 bits per heavy atom. The van der Waals surface area contributed by atoms with E-state index < -0.39 is 0 Å². The molecule has 1 amide bonds. The van der Waals surface area contributed by atoms with Crippen LogP contribution in [-0.2, 0) is 4.79 Å². The minimum atomic E-state index is 0.0126. The third kappa shape index (κ3) is 14.1. The third-order valence-corrected chi connectivity index (χ3v) is 3.80. The molecule has 130 valence electrons. The Balaban J connectivity index is 3.61. The van der Waals surface area contributed by atoms with Gasteiger partial charge in [-0.2, -0.15) is 0 Å². The lowest BCUT2D eigenvalue weighted by molar-refractivity contribution is -0.117. The molecule has 4 heteroatoms. The zero-order valence-corrected chi connectivity index (χ0v) is 14.6. The number of aliphatic hydroxyl groups is 1. The van der Waals surface area contributed by atoms with Gasteiger partial charge in [0.25, 0.3) is 0 Å². The number of hydrogen-bond acceptors (Lipinski definition) is 3. The zero-order valence-electron chi connectivity index (χ0n) is 14.6. The lowest BCUT2D eigenvalue weighted by Crippen LogP contribution is -2.37. The van der Waals surface area contributed by atoms with Crippen molar-refractivity contribution in [3.63, 3.8) is 0 Å². The molecule has 0 radical (unpaired) electrons. The molecular weight excluding hydrogens is 276 g/mol. The van der Waals surface area contributed by atoms with E-state index in [1.807, 2.05) is 6.08 Å². The lowest BCUT2D eigenvalue weighted by Gasteiger charge is -2.20. The van der Waals surface area contributed by atoms with Gasteiger partial charge >= 0.3 is 0 Å². The summed E-state index contributed by atoms with van der Waals surface area (Å²) in [6, 6.07) is 0. The van der Waals surface area contributed by atoms with Gasteiger partial charge < -0.3 is 10.4 Å². The molecule has 0 aliphatic carbocycles. The first kappa shape index (κ1) is 21.1. The Bertz CT molecular complexity index is 280. The van der Waals surface area contributed by atoms with Gasteiger partial charge in [0, 0.05) is 6.61 Å². The molecule has 2 N–H and O–H groups in total. The topological polar surface area (TPSA) is 52.6 Å². The molecular formula is C18H36N2O2.